The molecular formula is C25H25N5O2. The Bertz CT molecular complexity index is 1240. The summed E-state index contributed by atoms with van der Waals surface area (Å²) < 4.78 is 7.95. The highest BCUT2D eigenvalue weighted by Gasteiger charge is 2.31. The van der Waals surface area contributed by atoms with Crippen LogP contribution < -0.4 is 4.74 Å². The lowest BCUT2D eigenvalue weighted by Crippen LogP contribution is -2.24. The summed E-state index contributed by atoms with van der Waals surface area (Å²) in [4.78, 5) is 25.7. The summed E-state index contributed by atoms with van der Waals surface area (Å²) in [6.45, 7) is 1.95. The van der Waals surface area contributed by atoms with Gasteiger partial charge in [-0.15, -0.1) is 0 Å². The Balaban J connectivity index is 1.26. The topological polar surface area (TPSA) is 82.8 Å². The summed E-state index contributed by atoms with van der Waals surface area (Å²) in [7, 11) is 0. The molecule has 0 amide bonds. The molecule has 4 aromatic heterocycles. The van der Waals surface area contributed by atoms with Gasteiger partial charge < -0.3 is 4.74 Å². The number of ether oxygens (including phenoxy) is 1. The molecule has 7 heteroatoms. The number of Topliss-reactive ketones (excluding diaryl/α,β-unsaturated/α-hetero) is 1. The molecule has 4 heterocycles. The van der Waals surface area contributed by atoms with Gasteiger partial charge in [-0.25, -0.2) is 4.68 Å². The average molecular weight is 428 g/mol. The van der Waals surface area contributed by atoms with E-state index >= 15 is 0 Å². The number of carbonyl (C=O) groups excluding carboxylic acids is 1. The first-order valence-electron chi connectivity index (χ1n) is 11.0. The summed E-state index contributed by atoms with van der Waals surface area (Å²) in [6.07, 6.45) is 12.8. The molecule has 0 spiro atoms. The average Bonchev–Trinajstić information content (AvgIpc) is 3.41. The molecule has 0 unspecified atom stereocenters. The quantitative estimate of drug-likeness (QED) is 0.438. The van der Waals surface area contributed by atoms with E-state index in [-0.39, 0.29) is 17.8 Å². The van der Waals surface area contributed by atoms with E-state index < -0.39 is 0 Å². The molecule has 0 saturated heterocycles. The van der Waals surface area contributed by atoms with Crippen molar-refractivity contribution in [2.24, 2.45) is 5.92 Å². The van der Waals surface area contributed by atoms with Crippen LogP contribution in [0.5, 0.6) is 5.75 Å². The van der Waals surface area contributed by atoms with Crippen LogP contribution >= 0.6 is 0 Å². The van der Waals surface area contributed by atoms with Crippen molar-refractivity contribution in [3.63, 3.8) is 0 Å². The molecule has 0 radical (unpaired) electrons. The van der Waals surface area contributed by atoms with Gasteiger partial charge in [0.25, 0.3) is 0 Å². The Morgan fingerprint density at radius 2 is 2.06 bits per heavy atom. The number of pyridine rings is 3. The fraction of sp³-hybridized carbons (Fsp3) is 0.320. The largest absolute Gasteiger partial charge is 0.489 e. The molecule has 162 valence electrons. The normalized spacial score (nSPS) is 18.2. The third-order valence-electron chi connectivity index (χ3n) is 6.02. The Morgan fingerprint density at radius 1 is 1.12 bits per heavy atom. The fourth-order valence-corrected chi connectivity index (χ4v) is 4.49. The molecule has 1 saturated carbocycles. The van der Waals surface area contributed by atoms with Gasteiger partial charge in [0.1, 0.15) is 17.6 Å². The van der Waals surface area contributed by atoms with Crippen LogP contribution in [0.15, 0.2) is 61.3 Å². The summed E-state index contributed by atoms with van der Waals surface area (Å²) in [5.74, 6) is 1.20. The van der Waals surface area contributed by atoms with Crippen molar-refractivity contribution in [3.05, 3.63) is 72.7 Å². The molecule has 0 N–H and O–H groups in total. The van der Waals surface area contributed by atoms with Crippen LogP contribution in [0.4, 0.5) is 0 Å². The number of carbonyl (C=O) groups is 1. The fourth-order valence-electron chi connectivity index (χ4n) is 4.49. The standard InChI is InChI=1S/C25H25N5O2/c1-17-10-21(7-9-27-17)30-24-16-28-20(11-19(24)14-29-30)13-22(31)12-18-4-2-6-25(18)32-23-5-3-8-26-15-23/h3,5,7-11,14-16,18,25H,2,4,6,12-13H2,1H3/t18-,25+/m1/s1. The molecule has 7 nitrogen and oxygen atoms in total. The van der Waals surface area contributed by atoms with Gasteiger partial charge in [-0.2, -0.15) is 5.10 Å². The van der Waals surface area contributed by atoms with Crippen molar-refractivity contribution in [2.45, 2.75) is 45.1 Å². The van der Waals surface area contributed by atoms with Crippen molar-refractivity contribution in [1.82, 2.24) is 24.7 Å². The minimum Gasteiger partial charge on any atom is -0.489 e. The highest BCUT2D eigenvalue weighted by molar-refractivity contribution is 5.84. The van der Waals surface area contributed by atoms with Crippen LogP contribution in [0.1, 0.15) is 37.1 Å². The molecule has 0 aliphatic heterocycles. The second-order valence-corrected chi connectivity index (χ2v) is 8.40. The maximum absolute atomic E-state index is 12.8. The van der Waals surface area contributed by atoms with E-state index in [0.29, 0.717) is 12.8 Å². The van der Waals surface area contributed by atoms with E-state index in [2.05, 4.69) is 20.1 Å². The molecule has 4 aromatic rings. The summed E-state index contributed by atoms with van der Waals surface area (Å²) in [5.41, 5.74) is 3.56. The molecule has 1 fully saturated rings. The summed E-state index contributed by atoms with van der Waals surface area (Å²) in [5, 5.41) is 5.47. The highest BCUT2D eigenvalue weighted by atomic mass is 16.5. The van der Waals surface area contributed by atoms with Crippen molar-refractivity contribution in [3.8, 4) is 11.4 Å². The van der Waals surface area contributed by atoms with E-state index in [4.69, 9.17) is 4.74 Å². The number of fused-ring (bicyclic) bond motifs is 1. The molecule has 5 rings (SSSR count). The molecule has 0 aromatic carbocycles. The van der Waals surface area contributed by atoms with Crippen LogP contribution in [0.25, 0.3) is 16.6 Å². The Hall–Kier alpha value is -3.61. The molecule has 32 heavy (non-hydrogen) atoms. The molecule has 1 aliphatic carbocycles. The van der Waals surface area contributed by atoms with Crippen molar-refractivity contribution in [2.75, 3.05) is 0 Å². The first kappa shape index (κ1) is 20.3. The van der Waals surface area contributed by atoms with Gasteiger partial charge in [-0.1, -0.05) is 0 Å². The maximum Gasteiger partial charge on any atom is 0.139 e. The second-order valence-electron chi connectivity index (χ2n) is 8.40. The van der Waals surface area contributed by atoms with Gasteiger partial charge in [0.2, 0.25) is 0 Å². The zero-order valence-electron chi connectivity index (χ0n) is 18.0. The van der Waals surface area contributed by atoms with Crippen LogP contribution in [-0.2, 0) is 11.2 Å². The third-order valence-corrected chi connectivity index (χ3v) is 6.02. The van der Waals surface area contributed by atoms with Gasteiger partial charge in [-0.05, 0) is 56.5 Å². The summed E-state index contributed by atoms with van der Waals surface area (Å²) in [6, 6.07) is 9.64. The lowest BCUT2D eigenvalue weighted by molar-refractivity contribution is -0.119. The van der Waals surface area contributed by atoms with E-state index in [9.17, 15) is 4.79 Å². The number of aromatic nitrogens is 5. The van der Waals surface area contributed by atoms with Crippen LogP contribution in [-0.4, -0.2) is 36.6 Å². The van der Waals surface area contributed by atoms with Gasteiger partial charge >= 0.3 is 0 Å². The maximum atomic E-state index is 12.8. The Kier molecular flexibility index (Phi) is 5.62. The highest BCUT2D eigenvalue weighted by Crippen LogP contribution is 2.32. The predicted octanol–water partition coefficient (Wildman–Crippen LogP) is 4.27. The number of hydrogen-bond donors (Lipinski definition) is 0. The van der Waals surface area contributed by atoms with E-state index in [1.54, 1.807) is 24.8 Å². The van der Waals surface area contributed by atoms with Gasteiger partial charge in [0.05, 0.1) is 29.8 Å². The monoisotopic (exact) mass is 427 g/mol. The first-order chi connectivity index (χ1) is 15.7. The van der Waals surface area contributed by atoms with Crippen LogP contribution in [0.2, 0.25) is 0 Å². The number of ketones is 1. The van der Waals surface area contributed by atoms with Crippen molar-refractivity contribution in [1.29, 1.82) is 0 Å². The summed E-state index contributed by atoms with van der Waals surface area (Å²) >= 11 is 0. The Labute approximate surface area is 186 Å². The lowest BCUT2D eigenvalue weighted by atomic mass is 9.96. The van der Waals surface area contributed by atoms with E-state index in [1.807, 2.05) is 48.1 Å². The molecule has 1 aliphatic rings. The van der Waals surface area contributed by atoms with Crippen LogP contribution in [0, 0.1) is 12.8 Å². The zero-order chi connectivity index (χ0) is 21.9. The van der Waals surface area contributed by atoms with E-state index in [0.717, 1.165) is 53.0 Å². The molecular weight excluding hydrogens is 402 g/mol. The lowest BCUT2D eigenvalue weighted by Gasteiger charge is -2.20. The first-order valence-corrected chi connectivity index (χ1v) is 11.0. The number of nitrogens with zero attached hydrogens (tertiary/aromatic N) is 5. The SMILES string of the molecule is Cc1cc(-n2ncc3cc(CC(=O)C[C@H]4CCC[C@@H]4Oc4cccnc4)ncc32)ccn1. The minimum atomic E-state index is 0.0700. The number of rotatable bonds is 7. The molecule has 0 bridgehead atoms. The molecule has 2 atom stereocenters. The van der Waals surface area contributed by atoms with Crippen LogP contribution in [0.3, 0.4) is 0 Å². The number of aryl methyl sites for hydroxylation is 1. The zero-order valence-corrected chi connectivity index (χ0v) is 18.0. The smallest absolute Gasteiger partial charge is 0.139 e. The van der Waals surface area contributed by atoms with Crippen molar-refractivity contribution < 1.29 is 9.53 Å². The number of hydrogen-bond acceptors (Lipinski definition) is 6. The minimum absolute atomic E-state index is 0.0700. The third kappa shape index (κ3) is 4.37. The van der Waals surface area contributed by atoms with E-state index in [1.165, 1.54) is 0 Å². The Morgan fingerprint density at radius 3 is 2.91 bits per heavy atom. The van der Waals surface area contributed by atoms with Gasteiger partial charge in [-0.3, -0.25) is 19.7 Å². The predicted molar refractivity (Wildman–Crippen MR) is 121 cm³/mol. The second kappa shape index (κ2) is 8.86. The van der Waals surface area contributed by atoms with Crippen molar-refractivity contribution >= 4 is 16.7 Å². The van der Waals surface area contributed by atoms with Gasteiger partial charge in [0.15, 0.2) is 0 Å². The van der Waals surface area contributed by atoms with Gasteiger partial charge in [0, 0.05) is 47.9 Å².